The van der Waals surface area contributed by atoms with Gasteiger partial charge >= 0.3 is 0 Å². The minimum absolute atomic E-state index is 0.0965. The van der Waals surface area contributed by atoms with Gasteiger partial charge in [0.25, 0.3) is 10.0 Å². The molecule has 0 spiro atoms. The maximum atomic E-state index is 14.2. The lowest BCUT2D eigenvalue weighted by molar-refractivity contribution is -0.140. The molecular weight excluding hydrogens is 522 g/mol. The van der Waals surface area contributed by atoms with Crippen LogP contribution in [0.25, 0.3) is 0 Å². The summed E-state index contributed by atoms with van der Waals surface area (Å²) in [6.07, 6.45) is 5.61. The molecule has 1 fully saturated rings. The van der Waals surface area contributed by atoms with Gasteiger partial charge < -0.3 is 10.2 Å². The fraction of sp³-hybridized carbons (Fsp3) is 0.375. The molecule has 0 saturated heterocycles. The van der Waals surface area contributed by atoms with Crippen LogP contribution >= 0.6 is 0 Å². The summed E-state index contributed by atoms with van der Waals surface area (Å²) in [6.45, 7) is 3.63. The lowest BCUT2D eigenvalue weighted by Gasteiger charge is -2.34. The normalized spacial score (nSPS) is 14.8. The summed E-state index contributed by atoms with van der Waals surface area (Å²) in [5.41, 5.74) is 2.30. The third kappa shape index (κ3) is 7.10. The minimum atomic E-state index is -4.05. The maximum Gasteiger partial charge on any atom is 0.264 e. The van der Waals surface area contributed by atoms with E-state index in [-0.39, 0.29) is 23.4 Å². The predicted molar refractivity (Wildman–Crippen MR) is 158 cm³/mol. The maximum absolute atomic E-state index is 14.2. The van der Waals surface area contributed by atoms with Crippen LogP contribution in [0.1, 0.15) is 56.6 Å². The molecule has 7 nitrogen and oxygen atoms in total. The van der Waals surface area contributed by atoms with Gasteiger partial charge in [0.2, 0.25) is 11.8 Å². The highest BCUT2D eigenvalue weighted by molar-refractivity contribution is 7.92. The minimum Gasteiger partial charge on any atom is -0.352 e. The number of carbonyl (C=O) groups excluding carboxylic acids is 2. The Morgan fingerprint density at radius 1 is 0.875 bits per heavy atom. The van der Waals surface area contributed by atoms with Crippen LogP contribution in [0.4, 0.5) is 5.69 Å². The SMILES string of the molecule is CC[C@@H](C(=O)NC1CCCCC1)N(Cc1ccccc1C)C(=O)CN(c1ccccc1)S(=O)(=O)c1ccccc1. The monoisotopic (exact) mass is 561 g/mol. The van der Waals surface area contributed by atoms with Crippen molar-refractivity contribution in [3.8, 4) is 0 Å². The Labute approximate surface area is 238 Å². The molecule has 3 aromatic carbocycles. The summed E-state index contributed by atoms with van der Waals surface area (Å²) >= 11 is 0. The fourth-order valence-electron chi connectivity index (χ4n) is 5.28. The van der Waals surface area contributed by atoms with E-state index in [1.807, 2.05) is 38.1 Å². The Balaban J connectivity index is 1.68. The summed E-state index contributed by atoms with van der Waals surface area (Å²) in [6, 6.07) is 23.9. The van der Waals surface area contributed by atoms with Crippen molar-refractivity contribution in [1.82, 2.24) is 10.2 Å². The highest BCUT2D eigenvalue weighted by Gasteiger charge is 2.34. The predicted octanol–water partition coefficient (Wildman–Crippen LogP) is 5.45. The van der Waals surface area contributed by atoms with Crippen LogP contribution < -0.4 is 9.62 Å². The van der Waals surface area contributed by atoms with Gasteiger partial charge in [0, 0.05) is 12.6 Å². The van der Waals surface area contributed by atoms with Crippen molar-refractivity contribution in [1.29, 1.82) is 0 Å². The van der Waals surface area contributed by atoms with E-state index in [0.717, 1.165) is 41.1 Å². The van der Waals surface area contributed by atoms with Gasteiger partial charge in [-0.3, -0.25) is 13.9 Å². The molecule has 0 aromatic heterocycles. The van der Waals surface area contributed by atoms with E-state index in [2.05, 4.69) is 5.32 Å². The second-order valence-electron chi connectivity index (χ2n) is 10.4. The molecule has 2 amide bonds. The van der Waals surface area contributed by atoms with Crippen molar-refractivity contribution in [3.63, 3.8) is 0 Å². The topological polar surface area (TPSA) is 86.8 Å². The molecule has 0 radical (unpaired) electrons. The molecule has 4 rings (SSSR count). The second kappa shape index (κ2) is 13.6. The molecule has 1 N–H and O–H groups in total. The average Bonchev–Trinajstić information content (AvgIpc) is 2.98. The van der Waals surface area contributed by atoms with E-state index < -0.39 is 28.5 Å². The first-order chi connectivity index (χ1) is 19.3. The highest BCUT2D eigenvalue weighted by Crippen LogP contribution is 2.25. The number of rotatable bonds is 11. The van der Waals surface area contributed by atoms with Gasteiger partial charge in [-0.25, -0.2) is 8.42 Å². The molecule has 1 saturated carbocycles. The Hall–Kier alpha value is -3.65. The molecule has 0 aliphatic heterocycles. The summed E-state index contributed by atoms with van der Waals surface area (Å²) in [5.74, 6) is -0.620. The number of nitrogens with one attached hydrogen (secondary N) is 1. The zero-order valence-electron chi connectivity index (χ0n) is 23.3. The molecule has 8 heteroatoms. The Kier molecular flexibility index (Phi) is 9.98. The first-order valence-corrected chi connectivity index (χ1v) is 15.5. The van der Waals surface area contributed by atoms with Gasteiger partial charge in [-0.15, -0.1) is 0 Å². The Bertz CT molecular complexity index is 1370. The molecule has 0 unspecified atom stereocenters. The molecule has 212 valence electrons. The summed E-state index contributed by atoms with van der Waals surface area (Å²) in [4.78, 5) is 29.4. The largest absolute Gasteiger partial charge is 0.352 e. The number of aryl methyl sites for hydroxylation is 1. The van der Waals surface area contributed by atoms with Gasteiger partial charge in [0.15, 0.2) is 0 Å². The lowest BCUT2D eigenvalue weighted by atomic mass is 9.95. The van der Waals surface area contributed by atoms with Crippen molar-refractivity contribution in [2.75, 3.05) is 10.8 Å². The lowest BCUT2D eigenvalue weighted by Crippen LogP contribution is -2.54. The van der Waals surface area contributed by atoms with Crippen LogP contribution in [-0.4, -0.2) is 43.8 Å². The number of sulfonamides is 1. The second-order valence-corrected chi connectivity index (χ2v) is 12.2. The van der Waals surface area contributed by atoms with Gasteiger partial charge in [0.05, 0.1) is 10.6 Å². The fourth-order valence-corrected chi connectivity index (χ4v) is 6.71. The molecule has 0 bridgehead atoms. The van der Waals surface area contributed by atoms with Gasteiger partial charge in [-0.2, -0.15) is 0 Å². The van der Waals surface area contributed by atoms with Gasteiger partial charge in [-0.05, 0) is 61.6 Å². The van der Waals surface area contributed by atoms with Crippen LogP contribution in [0.15, 0.2) is 89.8 Å². The summed E-state index contributed by atoms with van der Waals surface area (Å²) in [7, 11) is -4.05. The number of benzene rings is 3. The summed E-state index contributed by atoms with van der Waals surface area (Å²) < 4.78 is 28.8. The molecule has 3 aromatic rings. The number of para-hydroxylation sites is 1. The Morgan fingerprint density at radius 3 is 2.10 bits per heavy atom. The average molecular weight is 562 g/mol. The molecule has 0 heterocycles. The van der Waals surface area contributed by atoms with E-state index in [0.29, 0.717) is 12.1 Å². The van der Waals surface area contributed by atoms with Crippen molar-refractivity contribution >= 4 is 27.5 Å². The first-order valence-electron chi connectivity index (χ1n) is 14.1. The van der Waals surface area contributed by atoms with E-state index in [1.165, 1.54) is 18.6 Å². The van der Waals surface area contributed by atoms with E-state index >= 15 is 0 Å². The van der Waals surface area contributed by atoms with E-state index in [4.69, 9.17) is 0 Å². The smallest absolute Gasteiger partial charge is 0.264 e. The van der Waals surface area contributed by atoms with Gasteiger partial charge in [0.1, 0.15) is 12.6 Å². The third-order valence-electron chi connectivity index (χ3n) is 7.59. The molecular formula is C32H39N3O4S. The van der Waals surface area contributed by atoms with Crippen LogP contribution in [0.2, 0.25) is 0 Å². The van der Waals surface area contributed by atoms with Crippen molar-refractivity contribution in [2.45, 2.75) is 75.9 Å². The van der Waals surface area contributed by atoms with Crippen LogP contribution in [0, 0.1) is 6.92 Å². The third-order valence-corrected chi connectivity index (χ3v) is 9.38. The number of amides is 2. The first kappa shape index (κ1) is 29.3. The van der Waals surface area contributed by atoms with E-state index in [1.54, 1.807) is 53.4 Å². The zero-order valence-corrected chi connectivity index (χ0v) is 24.1. The van der Waals surface area contributed by atoms with Crippen LogP contribution in [-0.2, 0) is 26.2 Å². The van der Waals surface area contributed by atoms with Crippen molar-refractivity contribution in [3.05, 3.63) is 96.1 Å². The van der Waals surface area contributed by atoms with Gasteiger partial charge in [-0.1, -0.05) is 86.8 Å². The molecule has 1 aliphatic rings. The summed E-state index contributed by atoms with van der Waals surface area (Å²) in [5, 5.41) is 3.18. The van der Waals surface area contributed by atoms with Crippen LogP contribution in [0.3, 0.4) is 0 Å². The standard InChI is InChI=1S/C32H39N3O4S/c1-3-30(32(37)33-27-17-7-4-8-18-27)34(23-26-16-14-13-15-25(26)2)31(36)24-35(28-19-9-5-10-20-28)40(38,39)29-21-11-6-12-22-29/h5-6,9-16,19-22,27,30H,3-4,7-8,17-18,23-24H2,1-2H3,(H,33,37)/t30-/m0/s1. The Morgan fingerprint density at radius 2 is 1.48 bits per heavy atom. The number of hydrogen-bond donors (Lipinski definition) is 1. The number of nitrogens with zero attached hydrogens (tertiary/aromatic N) is 2. The quantitative estimate of drug-likeness (QED) is 0.338. The van der Waals surface area contributed by atoms with Crippen molar-refractivity contribution in [2.24, 2.45) is 0 Å². The number of anilines is 1. The number of hydrogen-bond acceptors (Lipinski definition) is 4. The molecule has 1 aliphatic carbocycles. The molecule has 1 atom stereocenters. The highest BCUT2D eigenvalue weighted by atomic mass is 32.2. The van der Waals surface area contributed by atoms with Crippen LogP contribution in [0.5, 0.6) is 0 Å². The number of carbonyl (C=O) groups is 2. The van der Waals surface area contributed by atoms with E-state index in [9.17, 15) is 18.0 Å². The molecule has 40 heavy (non-hydrogen) atoms. The van der Waals surface area contributed by atoms with Crippen molar-refractivity contribution < 1.29 is 18.0 Å². The zero-order chi connectivity index (χ0) is 28.5.